The molecule has 0 bridgehead atoms. The number of thioether (sulfide) groups is 1. The number of likely N-dealkylation sites (tertiary alicyclic amines) is 1. The molecule has 1 aliphatic rings. The smallest absolute Gasteiger partial charge is 0.000968 e. The van der Waals surface area contributed by atoms with E-state index in [0.29, 0.717) is 0 Å². The van der Waals surface area contributed by atoms with Crippen molar-refractivity contribution in [3.8, 4) is 0 Å². The van der Waals surface area contributed by atoms with Crippen molar-refractivity contribution in [2.24, 2.45) is 11.8 Å². The van der Waals surface area contributed by atoms with Gasteiger partial charge in [0.15, 0.2) is 0 Å². The summed E-state index contributed by atoms with van der Waals surface area (Å²) in [4.78, 5) is 2.67. The molecule has 0 aromatic rings. The minimum absolute atomic E-state index is 0.807. The molecule has 1 nitrogen and oxygen atoms in total. The van der Waals surface area contributed by atoms with Crippen molar-refractivity contribution in [2.45, 2.75) is 58.6 Å². The van der Waals surface area contributed by atoms with Crippen LogP contribution in [0.5, 0.6) is 0 Å². The van der Waals surface area contributed by atoms with Gasteiger partial charge in [0, 0.05) is 0 Å². The SMILES string of the molecule is CC(C)CCN1CCC(CCSC(C)C)CC1. The molecule has 2 heteroatoms. The Kier molecular flexibility index (Phi) is 7.61. The van der Waals surface area contributed by atoms with Crippen molar-refractivity contribution in [1.29, 1.82) is 0 Å². The first-order valence-corrected chi connectivity index (χ1v) is 8.46. The van der Waals surface area contributed by atoms with E-state index in [1.807, 2.05) is 0 Å². The lowest BCUT2D eigenvalue weighted by molar-refractivity contribution is 0.175. The molecular formula is C15H31NS. The van der Waals surface area contributed by atoms with Crippen LogP contribution in [0.25, 0.3) is 0 Å². The Balaban J connectivity index is 2.05. The van der Waals surface area contributed by atoms with Gasteiger partial charge in [0.05, 0.1) is 0 Å². The molecule has 0 unspecified atom stereocenters. The fourth-order valence-electron chi connectivity index (χ4n) is 2.41. The molecule has 0 aromatic carbocycles. The van der Waals surface area contributed by atoms with Gasteiger partial charge in [-0.3, -0.25) is 0 Å². The van der Waals surface area contributed by atoms with Gasteiger partial charge in [-0.2, -0.15) is 11.8 Å². The molecule has 1 rings (SSSR count). The molecule has 17 heavy (non-hydrogen) atoms. The average molecular weight is 257 g/mol. The summed E-state index contributed by atoms with van der Waals surface area (Å²) in [6.45, 7) is 13.3. The number of hydrogen-bond acceptors (Lipinski definition) is 2. The van der Waals surface area contributed by atoms with Crippen molar-refractivity contribution >= 4 is 11.8 Å². The van der Waals surface area contributed by atoms with Crippen LogP contribution in [-0.2, 0) is 0 Å². The third-order valence-corrected chi connectivity index (χ3v) is 4.85. The summed E-state index contributed by atoms with van der Waals surface area (Å²) in [7, 11) is 0. The van der Waals surface area contributed by atoms with E-state index in [1.54, 1.807) is 0 Å². The molecule has 0 atom stereocenters. The van der Waals surface area contributed by atoms with Gasteiger partial charge in [-0.1, -0.05) is 27.7 Å². The van der Waals surface area contributed by atoms with E-state index < -0.39 is 0 Å². The van der Waals surface area contributed by atoms with Gasteiger partial charge < -0.3 is 4.90 Å². The van der Waals surface area contributed by atoms with Crippen LogP contribution in [-0.4, -0.2) is 35.5 Å². The van der Waals surface area contributed by atoms with Crippen LogP contribution in [0.4, 0.5) is 0 Å². The standard InChI is InChI=1S/C15H31NS/c1-13(2)5-9-16-10-6-15(7-11-16)8-12-17-14(3)4/h13-15H,5-12H2,1-4H3. The lowest BCUT2D eigenvalue weighted by Gasteiger charge is -2.32. The number of nitrogens with zero attached hydrogens (tertiary/aromatic N) is 1. The fourth-order valence-corrected chi connectivity index (χ4v) is 3.35. The van der Waals surface area contributed by atoms with Gasteiger partial charge in [0.25, 0.3) is 0 Å². The molecule has 0 saturated carbocycles. The number of rotatable bonds is 7. The van der Waals surface area contributed by atoms with E-state index in [1.165, 1.54) is 51.1 Å². The van der Waals surface area contributed by atoms with Gasteiger partial charge >= 0.3 is 0 Å². The first-order chi connectivity index (χ1) is 8.08. The topological polar surface area (TPSA) is 3.24 Å². The highest BCUT2D eigenvalue weighted by Crippen LogP contribution is 2.23. The first kappa shape index (κ1) is 15.4. The summed E-state index contributed by atoms with van der Waals surface area (Å²) in [5, 5.41) is 0.807. The Morgan fingerprint density at radius 2 is 1.76 bits per heavy atom. The van der Waals surface area contributed by atoms with E-state index in [-0.39, 0.29) is 0 Å². The lowest BCUT2D eigenvalue weighted by Crippen LogP contribution is -2.35. The highest BCUT2D eigenvalue weighted by atomic mass is 32.2. The minimum Gasteiger partial charge on any atom is -0.303 e. The molecule has 0 aromatic heterocycles. The molecule has 0 N–H and O–H groups in total. The van der Waals surface area contributed by atoms with Crippen LogP contribution in [0.1, 0.15) is 53.4 Å². The Morgan fingerprint density at radius 3 is 2.29 bits per heavy atom. The monoisotopic (exact) mass is 257 g/mol. The summed E-state index contributed by atoms with van der Waals surface area (Å²) in [6, 6.07) is 0. The van der Waals surface area contributed by atoms with Crippen LogP contribution in [0.2, 0.25) is 0 Å². The molecule has 1 heterocycles. The molecule has 1 fully saturated rings. The molecule has 0 radical (unpaired) electrons. The van der Waals surface area contributed by atoms with Crippen LogP contribution in [0, 0.1) is 11.8 Å². The van der Waals surface area contributed by atoms with Crippen LogP contribution in [0.3, 0.4) is 0 Å². The maximum absolute atomic E-state index is 2.67. The van der Waals surface area contributed by atoms with Gasteiger partial charge in [-0.15, -0.1) is 0 Å². The van der Waals surface area contributed by atoms with E-state index in [0.717, 1.165) is 17.1 Å². The Hall–Kier alpha value is 0.310. The normalized spacial score (nSPS) is 19.4. The number of piperidine rings is 1. The van der Waals surface area contributed by atoms with Crippen LogP contribution in [0.15, 0.2) is 0 Å². The van der Waals surface area contributed by atoms with E-state index in [2.05, 4.69) is 44.4 Å². The van der Waals surface area contributed by atoms with Gasteiger partial charge in [0.2, 0.25) is 0 Å². The quantitative estimate of drug-likeness (QED) is 0.670. The molecule has 1 aliphatic heterocycles. The summed E-state index contributed by atoms with van der Waals surface area (Å²) < 4.78 is 0. The zero-order chi connectivity index (χ0) is 12.7. The maximum Gasteiger partial charge on any atom is -0.000968 e. The predicted octanol–water partition coefficient (Wildman–Crippen LogP) is 4.28. The van der Waals surface area contributed by atoms with Gasteiger partial charge in [0.1, 0.15) is 0 Å². The average Bonchev–Trinajstić information content (AvgIpc) is 2.27. The first-order valence-electron chi connectivity index (χ1n) is 7.42. The van der Waals surface area contributed by atoms with Crippen molar-refractivity contribution in [3.05, 3.63) is 0 Å². The van der Waals surface area contributed by atoms with Crippen molar-refractivity contribution < 1.29 is 0 Å². The lowest BCUT2D eigenvalue weighted by atomic mass is 9.94. The second-order valence-electron chi connectivity index (χ2n) is 6.18. The molecule has 102 valence electrons. The van der Waals surface area contributed by atoms with E-state index >= 15 is 0 Å². The summed E-state index contributed by atoms with van der Waals surface area (Å²) >= 11 is 2.13. The van der Waals surface area contributed by atoms with Crippen LogP contribution >= 0.6 is 11.8 Å². The van der Waals surface area contributed by atoms with Crippen molar-refractivity contribution in [3.63, 3.8) is 0 Å². The third kappa shape index (κ3) is 7.35. The highest BCUT2D eigenvalue weighted by molar-refractivity contribution is 7.99. The van der Waals surface area contributed by atoms with Crippen molar-refractivity contribution in [1.82, 2.24) is 4.90 Å². The summed E-state index contributed by atoms with van der Waals surface area (Å²) in [6.07, 6.45) is 5.70. The van der Waals surface area contributed by atoms with Gasteiger partial charge in [-0.25, -0.2) is 0 Å². The molecule has 0 aliphatic carbocycles. The molecule has 0 spiro atoms. The maximum atomic E-state index is 2.67. The van der Waals surface area contributed by atoms with Gasteiger partial charge in [-0.05, 0) is 68.2 Å². The molecular weight excluding hydrogens is 226 g/mol. The summed E-state index contributed by atoms with van der Waals surface area (Å²) in [5.74, 6) is 3.24. The second-order valence-corrected chi connectivity index (χ2v) is 7.86. The number of hydrogen-bond donors (Lipinski definition) is 0. The molecule has 0 amide bonds. The molecule has 1 saturated heterocycles. The Morgan fingerprint density at radius 1 is 1.12 bits per heavy atom. The largest absolute Gasteiger partial charge is 0.303 e. The van der Waals surface area contributed by atoms with Crippen molar-refractivity contribution in [2.75, 3.05) is 25.4 Å². The third-order valence-electron chi connectivity index (χ3n) is 3.71. The van der Waals surface area contributed by atoms with E-state index in [4.69, 9.17) is 0 Å². The zero-order valence-electron chi connectivity index (χ0n) is 12.2. The predicted molar refractivity (Wildman–Crippen MR) is 80.8 cm³/mol. The van der Waals surface area contributed by atoms with E-state index in [9.17, 15) is 0 Å². The second kappa shape index (κ2) is 8.42. The zero-order valence-corrected chi connectivity index (χ0v) is 13.1. The van der Waals surface area contributed by atoms with Crippen LogP contribution < -0.4 is 0 Å². The summed E-state index contributed by atoms with van der Waals surface area (Å²) in [5.41, 5.74) is 0. The highest BCUT2D eigenvalue weighted by Gasteiger charge is 2.18. The minimum atomic E-state index is 0.807. The Bertz CT molecular complexity index is 183. The fraction of sp³-hybridized carbons (Fsp3) is 1.00. The Labute approximate surface area is 113 Å².